The van der Waals surface area contributed by atoms with Gasteiger partial charge in [-0.2, -0.15) is 8.42 Å². The van der Waals surface area contributed by atoms with E-state index in [0.29, 0.717) is 6.42 Å². The van der Waals surface area contributed by atoms with E-state index in [4.69, 9.17) is 4.55 Å². The van der Waals surface area contributed by atoms with Gasteiger partial charge in [-0.1, -0.05) is 45.4 Å². The van der Waals surface area contributed by atoms with Crippen molar-refractivity contribution in [3.63, 3.8) is 0 Å². The molecule has 0 aromatic rings. The van der Waals surface area contributed by atoms with Crippen molar-refractivity contribution < 1.29 is 18.1 Å². The van der Waals surface area contributed by atoms with Gasteiger partial charge in [0.1, 0.15) is 0 Å². The Labute approximate surface area is 127 Å². The number of aliphatic hydroxyl groups excluding tert-OH is 1. The predicted molar refractivity (Wildman–Crippen MR) is 72.2 cm³/mol. The van der Waals surface area contributed by atoms with Crippen LogP contribution in [-0.2, 0) is 10.1 Å². The first-order chi connectivity index (χ1) is 7.45. The Hall–Kier alpha value is 0.870. The summed E-state index contributed by atoms with van der Waals surface area (Å²) in [5.74, 6) is -0.343. The van der Waals surface area contributed by atoms with Crippen LogP contribution in [0.1, 0.15) is 58.3 Å². The van der Waals surface area contributed by atoms with E-state index in [-0.39, 0.29) is 41.7 Å². The fourth-order valence-corrected chi connectivity index (χ4v) is 2.16. The number of hydrogen-bond acceptors (Lipinski definition) is 3. The summed E-state index contributed by atoms with van der Waals surface area (Å²) in [5.41, 5.74) is 0. The molecule has 0 heterocycles. The molecule has 0 rings (SSSR count). The summed E-state index contributed by atoms with van der Waals surface area (Å²) >= 11 is 0. The molecule has 0 aliphatic rings. The molecule has 0 saturated carbocycles. The average Bonchev–Trinajstić information content (AvgIpc) is 2.19. The third-order valence-electron chi connectivity index (χ3n) is 2.60. The van der Waals surface area contributed by atoms with Gasteiger partial charge in [0, 0.05) is 0 Å². The van der Waals surface area contributed by atoms with Gasteiger partial charge in [-0.25, -0.2) is 0 Å². The maximum absolute atomic E-state index is 10.4. The van der Waals surface area contributed by atoms with Gasteiger partial charge in [-0.15, -0.1) is 0 Å². The van der Waals surface area contributed by atoms with E-state index in [1.54, 1.807) is 0 Å². The molecule has 0 aromatic heterocycles. The molecule has 0 bridgehead atoms. The van der Waals surface area contributed by atoms with E-state index in [1.165, 1.54) is 25.7 Å². The van der Waals surface area contributed by atoms with Crippen LogP contribution in [0, 0.1) is 0 Å². The average molecular weight is 276 g/mol. The predicted octanol–water partition coefficient (Wildman–Crippen LogP) is 1.73. The van der Waals surface area contributed by atoms with Gasteiger partial charge in [-0.05, 0) is 12.8 Å². The summed E-state index contributed by atoms with van der Waals surface area (Å²) in [6, 6.07) is 0. The van der Waals surface area contributed by atoms with E-state index in [0.717, 1.165) is 12.8 Å². The van der Waals surface area contributed by atoms with Crippen LogP contribution in [0.4, 0.5) is 0 Å². The molecule has 0 radical (unpaired) electrons. The summed E-state index contributed by atoms with van der Waals surface area (Å²) in [7, 11) is -3.92. The molecule has 6 heteroatoms. The molecular weight excluding hydrogens is 251 g/mol. The molecule has 2 N–H and O–H groups in total. The summed E-state index contributed by atoms with van der Waals surface area (Å²) < 4.78 is 29.4. The SMILES string of the molecule is CCCCCCCCC(O)CCS(=O)(=O)O.[NaH]. The number of hydrogen-bond donors (Lipinski definition) is 2. The Morgan fingerprint density at radius 2 is 1.53 bits per heavy atom. The summed E-state index contributed by atoms with van der Waals surface area (Å²) in [6.07, 6.45) is 7.06. The van der Waals surface area contributed by atoms with Crippen LogP contribution >= 0.6 is 0 Å². The minimum atomic E-state index is -3.92. The van der Waals surface area contributed by atoms with Crippen molar-refractivity contribution in [3.05, 3.63) is 0 Å². The zero-order chi connectivity index (χ0) is 12.4. The fraction of sp³-hybridized carbons (Fsp3) is 1.00. The fourth-order valence-electron chi connectivity index (χ4n) is 1.59. The first-order valence-electron chi connectivity index (χ1n) is 6.09. The van der Waals surface area contributed by atoms with Crippen LogP contribution in [0.3, 0.4) is 0 Å². The number of unbranched alkanes of at least 4 members (excludes halogenated alkanes) is 5. The third-order valence-corrected chi connectivity index (χ3v) is 3.35. The second kappa shape index (κ2) is 11.9. The molecule has 0 spiro atoms. The molecule has 0 fully saturated rings. The standard InChI is InChI=1S/C11H24O4S.Na.H/c1-2-3-4-5-6-7-8-11(12)9-10-16(13,14)15;;/h11-12H,2-10H2,1H3,(H,13,14,15);;. The van der Waals surface area contributed by atoms with Crippen LogP contribution in [0.25, 0.3) is 0 Å². The zero-order valence-corrected chi connectivity index (χ0v) is 10.9. The summed E-state index contributed by atoms with van der Waals surface area (Å²) in [6.45, 7) is 2.17. The van der Waals surface area contributed by atoms with Crippen LogP contribution in [-0.4, -0.2) is 59.5 Å². The Bertz CT molecular complexity index is 254. The van der Waals surface area contributed by atoms with Crippen molar-refractivity contribution in [2.75, 3.05) is 5.75 Å². The van der Waals surface area contributed by atoms with E-state index < -0.39 is 16.2 Å². The number of aliphatic hydroxyl groups is 1. The molecular formula is C11H25NaO4S. The monoisotopic (exact) mass is 276 g/mol. The van der Waals surface area contributed by atoms with Crippen LogP contribution in [0.15, 0.2) is 0 Å². The second-order valence-corrected chi connectivity index (χ2v) is 5.86. The van der Waals surface area contributed by atoms with E-state index in [9.17, 15) is 13.5 Å². The topological polar surface area (TPSA) is 74.6 Å². The van der Waals surface area contributed by atoms with Crippen LogP contribution < -0.4 is 0 Å². The molecule has 0 saturated heterocycles. The van der Waals surface area contributed by atoms with Gasteiger partial charge in [0.25, 0.3) is 10.1 Å². The van der Waals surface area contributed by atoms with Crippen molar-refractivity contribution in [1.29, 1.82) is 0 Å². The first-order valence-corrected chi connectivity index (χ1v) is 7.70. The van der Waals surface area contributed by atoms with Crippen molar-refractivity contribution >= 4 is 39.7 Å². The quantitative estimate of drug-likeness (QED) is 0.362. The van der Waals surface area contributed by atoms with E-state index in [2.05, 4.69) is 6.92 Å². The minimum absolute atomic E-state index is 0. The Morgan fingerprint density at radius 3 is 2.06 bits per heavy atom. The first kappa shape index (κ1) is 20.2. The zero-order valence-electron chi connectivity index (χ0n) is 10.1. The Kier molecular flexibility index (Phi) is 14.2. The van der Waals surface area contributed by atoms with Crippen LogP contribution in [0.5, 0.6) is 0 Å². The molecule has 0 amide bonds. The van der Waals surface area contributed by atoms with Gasteiger partial charge in [0.05, 0.1) is 11.9 Å². The molecule has 4 nitrogen and oxygen atoms in total. The summed E-state index contributed by atoms with van der Waals surface area (Å²) in [5, 5.41) is 9.44. The summed E-state index contributed by atoms with van der Waals surface area (Å²) in [4.78, 5) is 0. The van der Waals surface area contributed by atoms with Crippen LogP contribution in [0.2, 0.25) is 0 Å². The normalized spacial score (nSPS) is 13.1. The van der Waals surface area contributed by atoms with Crippen molar-refractivity contribution in [2.45, 2.75) is 64.4 Å². The van der Waals surface area contributed by atoms with Crippen molar-refractivity contribution in [3.8, 4) is 0 Å². The van der Waals surface area contributed by atoms with Gasteiger partial charge >= 0.3 is 29.6 Å². The van der Waals surface area contributed by atoms with Gasteiger partial charge < -0.3 is 5.11 Å². The molecule has 17 heavy (non-hydrogen) atoms. The molecule has 1 atom stereocenters. The molecule has 100 valence electrons. The van der Waals surface area contributed by atoms with Crippen molar-refractivity contribution in [1.82, 2.24) is 0 Å². The van der Waals surface area contributed by atoms with Gasteiger partial charge in [0.2, 0.25) is 0 Å². The molecule has 0 aromatic carbocycles. The van der Waals surface area contributed by atoms with Gasteiger partial charge in [-0.3, -0.25) is 4.55 Å². The van der Waals surface area contributed by atoms with E-state index in [1.807, 2.05) is 0 Å². The molecule has 0 aliphatic carbocycles. The second-order valence-electron chi connectivity index (χ2n) is 4.28. The molecule has 1 unspecified atom stereocenters. The third kappa shape index (κ3) is 16.9. The number of rotatable bonds is 10. The Morgan fingerprint density at radius 1 is 1.00 bits per heavy atom. The van der Waals surface area contributed by atoms with Gasteiger partial charge in [0.15, 0.2) is 0 Å². The van der Waals surface area contributed by atoms with E-state index >= 15 is 0 Å². The Balaban J connectivity index is 0. The molecule has 0 aliphatic heterocycles. The maximum atomic E-state index is 10.4. The van der Waals surface area contributed by atoms with Crippen molar-refractivity contribution in [2.24, 2.45) is 0 Å².